The maximum absolute atomic E-state index is 5.31. The Labute approximate surface area is 716 Å². The van der Waals surface area contributed by atoms with Crippen molar-refractivity contribution in [1.29, 1.82) is 0 Å². The van der Waals surface area contributed by atoms with E-state index in [0.29, 0.717) is 47.1 Å². The number of nitrogens with zero attached hydrogens (tertiary/aromatic N) is 8. The van der Waals surface area contributed by atoms with E-state index >= 15 is 0 Å². The molecule has 0 saturated carbocycles. The van der Waals surface area contributed by atoms with Crippen molar-refractivity contribution in [3.63, 3.8) is 0 Å². The van der Waals surface area contributed by atoms with Crippen LogP contribution in [-0.2, 0) is 27.1 Å². The van der Waals surface area contributed by atoms with Gasteiger partial charge in [0.05, 0.1) is 23.9 Å². The van der Waals surface area contributed by atoms with Crippen LogP contribution in [0.1, 0.15) is 253 Å². The van der Waals surface area contributed by atoms with E-state index < -0.39 is 0 Å². The lowest BCUT2D eigenvalue weighted by Gasteiger charge is -2.11. The highest BCUT2D eigenvalue weighted by Gasteiger charge is 2.14. The minimum Gasteiger partial charge on any atom is -0.337 e. The van der Waals surface area contributed by atoms with E-state index in [9.17, 15) is 0 Å². The Balaban J connectivity index is 0.000000173. The number of hydrogen-bond donors (Lipinski definition) is 0. The number of hydrogen-bond acceptors (Lipinski definition) is 5. The van der Waals surface area contributed by atoms with E-state index in [1.54, 1.807) is 0 Å². The molecule has 5 aromatic heterocycles. The molecule has 0 fully saturated rings. The summed E-state index contributed by atoms with van der Waals surface area (Å²) in [5.41, 5.74) is 40.8. The molecule has 0 amide bonds. The van der Waals surface area contributed by atoms with Crippen LogP contribution in [0.15, 0.2) is 250 Å². The van der Waals surface area contributed by atoms with Crippen molar-refractivity contribution in [3.05, 3.63) is 350 Å². The first-order chi connectivity index (χ1) is 56.6. The fraction of sp³-hybridized carbons (Fsp3) is 0.324. The summed E-state index contributed by atoms with van der Waals surface area (Å²) in [6.07, 6.45) is 20.1. The maximum atomic E-state index is 5.31. The Kier molecular flexibility index (Phi) is 34.6. The topological polar surface area (TPSA) is 79.2 Å². The van der Waals surface area contributed by atoms with Crippen LogP contribution in [-0.4, -0.2) is 39.1 Å². The highest BCUT2D eigenvalue weighted by Crippen LogP contribution is 2.34. The molecule has 8 nitrogen and oxygen atoms in total. The molecule has 14 rings (SSSR count). The zero-order valence-electron chi connectivity index (χ0n) is 76.8. The van der Waals surface area contributed by atoms with Crippen LogP contribution in [0.5, 0.6) is 0 Å². The Hall–Kier alpha value is -11.5. The van der Waals surface area contributed by atoms with Gasteiger partial charge in [0.1, 0.15) is 5.69 Å². The fourth-order valence-electron chi connectivity index (χ4n) is 14.4. The van der Waals surface area contributed by atoms with Crippen LogP contribution in [0, 0.1) is 74.7 Å². The van der Waals surface area contributed by atoms with E-state index in [2.05, 4.69) is 408 Å². The van der Waals surface area contributed by atoms with Gasteiger partial charge in [-0.25, -0.2) is 9.97 Å². The molecule has 0 aliphatic heterocycles. The van der Waals surface area contributed by atoms with Crippen LogP contribution in [0.2, 0.25) is 0 Å². The zero-order chi connectivity index (χ0) is 86.9. The highest BCUT2D eigenvalue weighted by molar-refractivity contribution is 5.72. The van der Waals surface area contributed by atoms with Gasteiger partial charge in [0, 0.05) is 79.6 Å². The van der Waals surface area contributed by atoms with Gasteiger partial charge in [0.15, 0.2) is 0 Å². The first kappa shape index (κ1) is 93.0. The van der Waals surface area contributed by atoms with Crippen LogP contribution in [0.4, 0.5) is 0 Å². The molecule has 14 aromatic rings. The molecule has 0 atom stereocenters. The summed E-state index contributed by atoms with van der Waals surface area (Å²) in [5.74, 6) is 6.61. The lowest BCUT2D eigenvalue weighted by atomic mass is 9.94. The first-order valence-electron chi connectivity index (χ1n) is 42.9. The largest absolute Gasteiger partial charge is 0.337 e. The molecule has 0 unspecified atom stereocenters. The summed E-state index contributed by atoms with van der Waals surface area (Å²) in [5, 5.41) is 8.64. The van der Waals surface area contributed by atoms with Crippen LogP contribution < -0.4 is 0 Å². The van der Waals surface area contributed by atoms with Crippen molar-refractivity contribution in [2.45, 2.75) is 227 Å². The van der Waals surface area contributed by atoms with Crippen molar-refractivity contribution in [3.8, 4) is 90.5 Å². The van der Waals surface area contributed by atoms with Crippen LogP contribution in [0.25, 0.3) is 78.1 Å². The molecule has 0 bridgehead atoms. The zero-order valence-corrected chi connectivity index (χ0v) is 76.8. The molecular formula is C111H134N8. The van der Waals surface area contributed by atoms with Gasteiger partial charge in [-0.2, -0.15) is 10.2 Å². The molecule has 5 heterocycles. The minimum atomic E-state index is 0.555. The summed E-state index contributed by atoms with van der Waals surface area (Å²) in [6.45, 7) is 55.8. The van der Waals surface area contributed by atoms with E-state index in [4.69, 9.17) is 6.42 Å². The maximum Gasteiger partial charge on any atom is 0.112 e. The first-order valence-corrected chi connectivity index (χ1v) is 42.9. The molecule has 119 heavy (non-hydrogen) atoms. The molecule has 0 spiro atoms. The van der Waals surface area contributed by atoms with Gasteiger partial charge in [0.2, 0.25) is 0 Å². The molecule has 0 N–H and O–H groups in total. The van der Waals surface area contributed by atoms with E-state index in [-0.39, 0.29) is 0 Å². The van der Waals surface area contributed by atoms with Crippen molar-refractivity contribution in [2.24, 2.45) is 14.1 Å². The Morgan fingerprint density at radius 3 is 1.05 bits per heavy atom. The third-order valence-electron chi connectivity index (χ3n) is 22.1. The third kappa shape index (κ3) is 26.7. The number of terminal acetylenes is 1. The fourth-order valence-corrected chi connectivity index (χ4v) is 14.4. The normalized spacial score (nSPS) is 10.9. The summed E-state index contributed by atoms with van der Waals surface area (Å²) >= 11 is 0. The minimum absolute atomic E-state index is 0.555. The summed E-state index contributed by atoms with van der Waals surface area (Å²) in [4.78, 5) is 12.9. The lowest BCUT2D eigenvalue weighted by molar-refractivity contribution is 0.762. The second-order valence-corrected chi connectivity index (χ2v) is 34.2. The average Bonchev–Trinajstić information content (AvgIpc) is 1.56. The monoisotopic (exact) mass is 1580 g/mol. The molecule has 0 aliphatic carbocycles. The standard InChI is InChI=1S/C18H22.C17H17N.C17H20.C16H19N.C15H20N2.2C14H18N2/c1-5-15-6-8-16(9-7-15)18-11-10-17(13(2)3)12-14(18)4;1-5-16-8-6-15(11-18-16)17-9-7-14(12(2)3)10-13(17)4;1-12(2)15-8-9-17(14(4)11-15)16-7-5-6-13(3)10-16;1-11(2)14-5-6-16(12(3)9-14)15-7-8-17-13(4)10-15;1-5-17-9-15(16-10-17)14-7-6-13(11(2)3)8-12(14)4;1-10(2)12-5-6-14(11(3)7-12)13-8-15-16(4)9-13;1-10(2)12-5-6-13(11(3)9-12)14-7-8-16(4)15-14/h6-13H,5H2,1-4H3;1,6-12H,2-4H3;5-12H,1-4H3;5-11H,1-4H3;6-11H,5H2,1-4H3;2*5-10H,1-4H3. The van der Waals surface area contributed by atoms with Crippen molar-refractivity contribution >= 4 is 0 Å². The predicted octanol–water partition coefficient (Wildman–Crippen LogP) is 30.1. The van der Waals surface area contributed by atoms with E-state index in [0.717, 1.165) is 35.6 Å². The number of aromatic nitrogens is 8. The second-order valence-electron chi connectivity index (χ2n) is 34.2. The van der Waals surface area contributed by atoms with Gasteiger partial charge >= 0.3 is 0 Å². The Bertz CT molecular complexity index is 5410. The van der Waals surface area contributed by atoms with E-state index in [1.807, 2.05) is 73.6 Å². The molecule has 0 saturated heterocycles. The molecule has 0 aliphatic rings. The molecule has 618 valence electrons. The van der Waals surface area contributed by atoms with Gasteiger partial charge in [-0.1, -0.05) is 297 Å². The Morgan fingerprint density at radius 1 is 0.336 bits per heavy atom. The van der Waals surface area contributed by atoms with Gasteiger partial charge in [-0.3, -0.25) is 14.3 Å². The molecule has 8 heteroatoms. The summed E-state index contributed by atoms with van der Waals surface area (Å²) < 4.78 is 5.78. The van der Waals surface area contributed by atoms with Crippen molar-refractivity contribution in [2.75, 3.05) is 0 Å². The lowest BCUT2D eigenvalue weighted by Crippen LogP contribution is -1.92. The number of aryl methyl sites for hydroxylation is 13. The summed E-state index contributed by atoms with van der Waals surface area (Å²) in [7, 11) is 3.89. The molecular weight excluding hydrogens is 1450 g/mol. The third-order valence-corrected chi connectivity index (χ3v) is 22.1. The molecule has 9 aromatic carbocycles. The van der Waals surface area contributed by atoms with Crippen LogP contribution >= 0.6 is 0 Å². The van der Waals surface area contributed by atoms with Gasteiger partial charge in [0.25, 0.3) is 0 Å². The summed E-state index contributed by atoms with van der Waals surface area (Å²) in [6, 6.07) is 74.7. The SMILES string of the molecule is C#Cc1ccc(-c2ccc(C(C)C)cc2C)cn1.CCc1ccc(-c2ccc(C(C)C)cc2C)cc1.CCn1cnc(-c2ccc(C(C)C)cc2C)c1.Cc1cc(-c2ccc(C(C)C)cc2C)ccn1.Cc1cc(C(C)C)ccc1-c1ccn(C)n1.Cc1cc(C(C)C)ccc1-c1cnn(C)c1.Cc1cccc(-c2ccc(C(C)C)cc2C)c1. The van der Waals surface area contributed by atoms with E-state index in [1.165, 1.54) is 150 Å². The van der Waals surface area contributed by atoms with Gasteiger partial charge in [-0.15, -0.1) is 6.42 Å². The number of imidazole rings is 1. The number of benzene rings is 9. The number of pyridine rings is 2. The average molecular weight is 1580 g/mol. The second kappa shape index (κ2) is 44.3. The van der Waals surface area contributed by atoms with Crippen LogP contribution in [0.3, 0.4) is 0 Å². The number of rotatable bonds is 16. The van der Waals surface area contributed by atoms with Crippen molar-refractivity contribution in [1.82, 2.24) is 39.1 Å². The predicted molar refractivity (Wildman–Crippen MR) is 512 cm³/mol. The Morgan fingerprint density at radius 2 is 0.723 bits per heavy atom. The smallest absolute Gasteiger partial charge is 0.112 e. The quantitative estimate of drug-likeness (QED) is 0.0901. The molecule has 0 radical (unpaired) electrons. The van der Waals surface area contributed by atoms with Gasteiger partial charge < -0.3 is 4.57 Å². The van der Waals surface area contributed by atoms with Gasteiger partial charge in [-0.05, 0) is 269 Å². The highest BCUT2D eigenvalue weighted by atomic mass is 15.2. The van der Waals surface area contributed by atoms with Crippen molar-refractivity contribution < 1.29 is 0 Å².